The van der Waals surface area contributed by atoms with Gasteiger partial charge in [-0.3, -0.25) is 9.89 Å². The first-order valence-electron chi connectivity index (χ1n) is 9.73. The molecule has 2 fully saturated rings. The van der Waals surface area contributed by atoms with Crippen molar-refractivity contribution in [2.24, 2.45) is 0 Å². The molecule has 1 aliphatic carbocycles. The number of aromatic nitrogens is 2. The van der Waals surface area contributed by atoms with E-state index in [9.17, 15) is 9.59 Å². The first-order chi connectivity index (χ1) is 14.1. The van der Waals surface area contributed by atoms with E-state index in [2.05, 4.69) is 20.8 Å². The molecule has 29 heavy (non-hydrogen) atoms. The maximum Gasteiger partial charge on any atom is 0.407 e. The lowest BCUT2D eigenvalue weighted by Gasteiger charge is -2.33. The molecular weight excluding hydrogens is 396 g/mol. The molecule has 1 aromatic heterocycles. The third kappa shape index (κ3) is 5.07. The topological polar surface area (TPSA) is 105 Å². The van der Waals surface area contributed by atoms with Gasteiger partial charge in [0.15, 0.2) is 0 Å². The van der Waals surface area contributed by atoms with Gasteiger partial charge in [0, 0.05) is 30.2 Å². The quantitative estimate of drug-likeness (QED) is 0.667. The van der Waals surface area contributed by atoms with Gasteiger partial charge in [0.05, 0.1) is 5.69 Å². The van der Waals surface area contributed by atoms with Gasteiger partial charge in [0.25, 0.3) is 5.91 Å². The molecular formula is C20H23ClN4O4. The predicted molar refractivity (Wildman–Crippen MR) is 107 cm³/mol. The molecule has 0 unspecified atom stereocenters. The molecule has 2 heterocycles. The second-order valence-electron chi connectivity index (χ2n) is 7.37. The number of halogens is 1. The number of carbonyl (C=O) groups excluding carboxylic acids is 2. The number of hydrogen-bond acceptors (Lipinski definition) is 5. The molecule has 154 valence electrons. The van der Waals surface area contributed by atoms with E-state index in [4.69, 9.17) is 21.1 Å². The molecule has 2 aromatic rings. The van der Waals surface area contributed by atoms with Crippen LogP contribution < -0.4 is 10.6 Å². The molecule has 0 spiro atoms. The van der Waals surface area contributed by atoms with Gasteiger partial charge in [-0.2, -0.15) is 5.10 Å². The summed E-state index contributed by atoms with van der Waals surface area (Å²) >= 11 is 5.84. The first kappa shape index (κ1) is 19.7. The van der Waals surface area contributed by atoms with Crippen molar-refractivity contribution in [1.82, 2.24) is 15.5 Å². The minimum absolute atomic E-state index is 0.133. The van der Waals surface area contributed by atoms with Crippen LogP contribution in [0.5, 0.6) is 0 Å². The Labute approximate surface area is 173 Å². The van der Waals surface area contributed by atoms with E-state index in [0.29, 0.717) is 36.8 Å². The van der Waals surface area contributed by atoms with E-state index in [-0.39, 0.29) is 24.0 Å². The summed E-state index contributed by atoms with van der Waals surface area (Å²) in [7, 11) is 0. The zero-order valence-electron chi connectivity index (χ0n) is 15.8. The highest BCUT2D eigenvalue weighted by molar-refractivity contribution is 6.30. The van der Waals surface area contributed by atoms with Gasteiger partial charge in [0.2, 0.25) is 0 Å². The lowest BCUT2D eigenvalue weighted by molar-refractivity contribution is -0.124. The molecule has 0 radical (unpaired) electrons. The zero-order chi connectivity index (χ0) is 20.2. The van der Waals surface area contributed by atoms with Crippen molar-refractivity contribution < 1.29 is 19.1 Å². The minimum Gasteiger partial charge on any atom is -0.446 e. The number of benzene rings is 1. The zero-order valence-corrected chi connectivity index (χ0v) is 16.6. The van der Waals surface area contributed by atoms with E-state index in [0.717, 1.165) is 24.1 Å². The van der Waals surface area contributed by atoms with Crippen LogP contribution in [0.2, 0.25) is 5.02 Å². The highest BCUT2D eigenvalue weighted by Gasteiger charge is 2.35. The van der Waals surface area contributed by atoms with Gasteiger partial charge in [0.1, 0.15) is 18.0 Å². The van der Waals surface area contributed by atoms with E-state index < -0.39 is 6.09 Å². The molecule has 3 N–H and O–H groups in total. The highest BCUT2D eigenvalue weighted by atomic mass is 35.5. The van der Waals surface area contributed by atoms with Crippen LogP contribution in [0.4, 0.5) is 10.6 Å². The number of alkyl carbamates (subject to hydrolysis) is 1. The Morgan fingerprint density at radius 2 is 2.07 bits per heavy atom. The molecule has 8 nitrogen and oxygen atoms in total. The normalized spacial score (nSPS) is 23.3. The third-order valence-corrected chi connectivity index (χ3v) is 5.47. The standard InChI is InChI=1S/C20H23ClN4O4/c21-14-5-3-12(4-6-14)11-22-20(27)29-15-8-13(9-15)16-10-18(25-24-16)23-19(26)17-2-1-7-28-17/h3-6,10,13,15,17H,1-2,7-9,11H2,(H,22,27)(H2,23,24,25,26)/t13?,15?,17-/m1/s1. The Balaban J connectivity index is 1.18. The van der Waals surface area contributed by atoms with Crippen molar-refractivity contribution in [1.29, 1.82) is 0 Å². The summed E-state index contributed by atoms with van der Waals surface area (Å²) in [5.41, 5.74) is 1.81. The number of rotatable bonds is 6. The predicted octanol–water partition coefficient (Wildman–Crippen LogP) is 3.35. The Bertz CT molecular complexity index is 858. The Morgan fingerprint density at radius 1 is 1.28 bits per heavy atom. The number of hydrogen-bond donors (Lipinski definition) is 3. The van der Waals surface area contributed by atoms with Gasteiger partial charge >= 0.3 is 6.09 Å². The van der Waals surface area contributed by atoms with Crippen molar-refractivity contribution in [3.05, 3.63) is 46.6 Å². The second-order valence-corrected chi connectivity index (χ2v) is 7.81. The molecule has 1 saturated carbocycles. The summed E-state index contributed by atoms with van der Waals surface area (Å²) in [6.07, 6.45) is 2.12. The number of nitrogens with one attached hydrogen (secondary N) is 3. The lowest BCUT2D eigenvalue weighted by Crippen LogP contribution is -2.36. The van der Waals surface area contributed by atoms with Crippen molar-refractivity contribution in [2.45, 2.75) is 50.4 Å². The monoisotopic (exact) mass is 418 g/mol. The lowest BCUT2D eigenvalue weighted by atomic mass is 9.80. The van der Waals surface area contributed by atoms with Crippen LogP contribution in [-0.4, -0.2) is 41.0 Å². The summed E-state index contributed by atoms with van der Waals surface area (Å²) < 4.78 is 10.8. The van der Waals surface area contributed by atoms with E-state index in [1.807, 2.05) is 18.2 Å². The number of ether oxygens (including phenoxy) is 2. The van der Waals surface area contributed by atoms with E-state index in [1.54, 1.807) is 12.1 Å². The number of anilines is 1. The van der Waals surface area contributed by atoms with Gasteiger partial charge in [-0.05, 0) is 43.4 Å². The Hall–Kier alpha value is -2.58. The fourth-order valence-electron chi connectivity index (χ4n) is 3.48. The largest absolute Gasteiger partial charge is 0.446 e. The van der Waals surface area contributed by atoms with Crippen molar-refractivity contribution >= 4 is 29.4 Å². The van der Waals surface area contributed by atoms with E-state index >= 15 is 0 Å². The molecule has 1 atom stereocenters. The van der Waals surface area contributed by atoms with Crippen LogP contribution in [0.25, 0.3) is 0 Å². The summed E-state index contributed by atoms with van der Waals surface area (Å²) in [6.45, 7) is 1.02. The first-order valence-corrected chi connectivity index (χ1v) is 10.1. The van der Waals surface area contributed by atoms with Gasteiger partial charge in [-0.25, -0.2) is 4.79 Å². The third-order valence-electron chi connectivity index (χ3n) is 5.21. The van der Waals surface area contributed by atoms with Gasteiger partial charge in [-0.15, -0.1) is 0 Å². The summed E-state index contributed by atoms with van der Waals surface area (Å²) in [5.74, 6) is 0.615. The fourth-order valence-corrected chi connectivity index (χ4v) is 3.61. The molecule has 1 aromatic carbocycles. The highest BCUT2D eigenvalue weighted by Crippen LogP contribution is 2.38. The molecule has 1 aliphatic heterocycles. The number of nitrogens with zero attached hydrogens (tertiary/aromatic N) is 1. The number of H-pyrrole nitrogens is 1. The van der Waals surface area contributed by atoms with Crippen LogP contribution in [0, 0.1) is 0 Å². The number of carbonyl (C=O) groups is 2. The average Bonchev–Trinajstić information content (AvgIpc) is 3.36. The second kappa shape index (κ2) is 8.84. The molecule has 4 rings (SSSR count). The van der Waals surface area contributed by atoms with E-state index in [1.165, 1.54) is 0 Å². The SMILES string of the molecule is O=C(NCc1ccc(Cl)cc1)OC1CC(c2cc(NC(=O)[C@H]3CCCO3)[nH]n2)C1. The van der Waals surface area contributed by atoms with Crippen LogP contribution in [0.15, 0.2) is 30.3 Å². The van der Waals surface area contributed by atoms with Crippen molar-refractivity contribution in [2.75, 3.05) is 11.9 Å². The molecule has 9 heteroatoms. The maximum atomic E-state index is 12.1. The molecule has 2 amide bonds. The summed E-state index contributed by atoms with van der Waals surface area (Å²) in [5, 5.41) is 13.3. The van der Waals surface area contributed by atoms with Crippen LogP contribution in [0.1, 0.15) is 42.9 Å². The maximum absolute atomic E-state index is 12.1. The Kier molecular flexibility index (Phi) is 6.01. The van der Waals surface area contributed by atoms with Crippen LogP contribution in [0.3, 0.4) is 0 Å². The minimum atomic E-state index is -0.435. The van der Waals surface area contributed by atoms with Crippen molar-refractivity contribution in [3.8, 4) is 0 Å². The molecule has 2 aliphatic rings. The Morgan fingerprint density at radius 3 is 2.79 bits per heavy atom. The van der Waals surface area contributed by atoms with Gasteiger partial charge in [-0.1, -0.05) is 23.7 Å². The number of aromatic amines is 1. The summed E-state index contributed by atoms with van der Waals surface area (Å²) in [6, 6.07) is 9.10. The fraction of sp³-hybridized carbons (Fsp3) is 0.450. The molecule has 0 bridgehead atoms. The molecule has 1 saturated heterocycles. The van der Waals surface area contributed by atoms with Crippen LogP contribution in [-0.2, 0) is 20.8 Å². The summed E-state index contributed by atoms with van der Waals surface area (Å²) in [4.78, 5) is 24.0. The van der Waals surface area contributed by atoms with Crippen molar-refractivity contribution in [3.63, 3.8) is 0 Å². The number of amides is 2. The smallest absolute Gasteiger partial charge is 0.407 e. The van der Waals surface area contributed by atoms with Gasteiger partial charge < -0.3 is 20.1 Å². The average molecular weight is 419 g/mol. The van der Waals surface area contributed by atoms with Crippen LogP contribution >= 0.6 is 11.6 Å².